The van der Waals surface area contributed by atoms with Gasteiger partial charge in [-0.25, -0.2) is 4.98 Å². The topological polar surface area (TPSA) is 29.9 Å². The lowest BCUT2D eigenvalue weighted by molar-refractivity contribution is 0.870. The minimum absolute atomic E-state index is 0.864. The summed E-state index contributed by atoms with van der Waals surface area (Å²) in [6, 6.07) is 8.19. The highest BCUT2D eigenvalue weighted by Crippen LogP contribution is 2.09. The van der Waals surface area contributed by atoms with Gasteiger partial charge in [0, 0.05) is 17.6 Å². The van der Waals surface area contributed by atoms with Gasteiger partial charge in [-0.15, -0.1) is 0 Å². The van der Waals surface area contributed by atoms with Gasteiger partial charge in [0.25, 0.3) is 0 Å². The first-order chi connectivity index (χ1) is 7.16. The van der Waals surface area contributed by atoms with E-state index in [1.807, 2.05) is 29.9 Å². The van der Waals surface area contributed by atoms with E-state index in [1.165, 1.54) is 17.0 Å². The van der Waals surface area contributed by atoms with E-state index in [0.717, 1.165) is 5.82 Å². The Hall–Kier alpha value is -1.77. The van der Waals surface area contributed by atoms with Gasteiger partial charge in [-0.3, -0.25) is 10.1 Å². The quantitative estimate of drug-likeness (QED) is 0.809. The Labute approximate surface area is 89.7 Å². The molecule has 0 aliphatic rings. The van der Waals surface area contributed by atoms with Gasteiger partial charge in [0.05, 0.1) is 0 Å². The molecule has 0 aliphatic heterocycles. The molecule has 0 atom stereocenters. The summed E-state index contributed by atoms with van der Waals surface area (Å²) in [5.74, 6) is 0.864. The predicted molar refractivity (Wildman–Crippen MR) is 61.9 cm³/mol. The van der Waals surface area contributed by atoms with E-state index >= 15 is 0 Å². The number of anilines is 1. The molecule has 2 rings (SSSR count). The first kappa shape index (κ1) is 9.77. The summed E-state index contributed by atoms with van der Waals surface area (Å²) in [5, 5.41) is 0. The van der Waals surface area contributed by atoms with Crippen molar-refractivity contribution in [1.29, 1.82) is 0 Å². The van der Waals surface area contributed by atoms with Crippen LogP contribution in [-0.2, 0) is 0 Å². The van der Waals surface area contributed by atoms with Crippen molar-refractivity contribution in [3.63, 3.8) is 0 Å². The number of nitrogens with one attached hydrogen (secondary N) is 1. The number of hydrogen-bond acceptors (Lipinski definition) is 2. The molecule has 0 saturated heterocycles. The van der Waals surface area contributed by atoms with Gasteiger partial charge in [0.15, 0.2) is 0 Å². The monoisotopic (exact) mass is 201 g/mol. The van der Waals surface area contributed by atoms with Crippen molar-refractivity contribution >= 4 is 5.82 Å². The van der Waals surface area contributed by atoms with Gasteiger partial charge in [0.1, 0.15) is 5.82 Å². The van der Waals surface area contributed by atoms with E-state index in [1.54, 1.807) is 0 Å². The SMILES string of the molecule is Cc1ccc(Nn2c(C)ccc2C)nc1. The molecule has 3 nitrogen and oxygen atoms in total. The summed E-state index contributed by atoms with van der Waals surface area (Å²) in [4.78, 5) is 4.30. The summed E-state index contributed by atoms with van der Waals surface area (Å²) in [5.41, 5.74) is 6.77. The highest BCUT2D eigenvalue weighted by atomic mass is 15.4. The molecule has 0 fully saturated rings. The Morgan fingerprint density at radius 3 is 2.20 bits per heavy atom. The molecule has 1 N–H and O–H groups in total. The lowest BCUT2D eigenvalue weighted by atomic mass is 10.3. The summed E-state index contributed by atoms with van der Waals surface area (Å²) in [6.45, 7) is 6.16. The Morgan fingerprint density at radius 2 is 1.67 bits per heavy atom. The maximum absolute atomic E-state index is 4.30. The number of rotatable bonds is 2. The minimum atomic E-state index is 0.864. The number of nitrogens with zero attached hydrogens (tertiary/aromatic N) is 2. The molecular weight excluding hydrogens is 186 g/mol. The van der Waals surface area contributed by atoms with E-state index < -0.39 is 0 Å². The molecule has 0 aliphatic carbocycles. The zero-order chi connectivity index (χ0) is 10.8. The van der Waals surface area contributed by atoms with Gasteiger partial charge < -0.3 is 0 Å². The summed E-state index contributed by atoms with van der Waals surface area (Å²) in [6.07, 6.45) is 1.86. The Kier molecular flexibility index (Phi) is 2.46. The van der Waals surface area contributed by atoms with Crippen LogP contribution in [0.3, 0.4) is 0 Å². The normalized spacial score (nSPS) is 10.3. The van der Waals surface area contributed by atoms with Crippen LogP contribution in [0, 0.1) is 20.8 Å². The van der Waals surface area contributed by atoms with Crippen LogP contribution in [0.25, 0.3) is 0 Å². The molecule has 0 radical (unpaired) electrons. The second-order valence-corrected chi connectivity index (χ2v) is 3.78. The molecule has 0 aromatic carbocycles. The fraction of sp³-hybridized carbons (Fsp3) is 0.250. The molecule has 0 amide bonds. The third kappa shape index (κ3) is 2.01. The van der Waals surface area contributed by atoms with Gasteiger partial charge >= 0.3 is 0 Å². The van der Waals surface area contributed by atoms with E-state index in [4.69, 9.17) is 0 Å². The molecule has 2 aromatic heterocycles. The molecule has 2 aromatic rings. The van der Waals surface area contributed by atoms with Crippen molar-refractivity contribution in [3.8, 4) is 0 Å². The van der Waals surface area contributed by atoms with Crippen LogP contribution in [0.15, 0.2) is 30.5 Å². The van der Waals surface area contributed by atoms with Crippen LogP contribution >= 0.6 is 0 Å². The van der Waals surface area contributed by atoms with Gasteiger partial charge in [0.2, 0.25) is 0 Å². The maximum Gasteiger partial charge on any atom is 0.144 e. The Morgan fingerprint density at radius 1 is 1.00 bits per heavy atom. The van der Waals surface area contributed by atoms with Crippen molar-refractivity contribution in [3.05, 3.63) is 47.4 Å². The maximum atomic E-state index is 4.30. The van der Waals surface area contributed by atoms with Crippen LogP contribution in [0.5, 0.6) is 0 Å². The summed E-state index contributed by atoms with van der Waals surface area (Å²) < 4.78 is 2.03. The van der Waals surface area contributed by atoms with Crippen LogP contribution in [0.1, 0.15) is 17.0 Å². The second-order valence-electron chi connectivity index (χ2n) is 3.78. The largest absolute Gasteiger partial charge is 0.278 e. The first-order valence-corrected chi connectivity index (χ1v) is 5.01. The van der Waals surface area contributed by atoms with Gasteiger partial charge in [-0.2, -0.15) is 0 Å². The molecule has 0 spiro atoms. The van der Waals surface area contributed by atoms with Crippen molar-refractivity contribution in [2.75, 3.05) is 5.43 Å². The molecule has 2 heterocycles. The van der Waals surface area contributed by atoms with Crippen molar-refractivity contribution in [2.24, 2.45) is 0 Å². The highest BCUT2D eigenvalue weighted by molar-refractivity contribution is 5.36. The smallest absolute Gasteiger partial charge is 0.144 e. The molecule has 3 heteroatoms. The zero-order valence-corrected chi connectivity index (χ0v) is 9.28. The lowest BCUT2D eigenvalue weighted by Crippen LogP contribution is -2.13. The zero-order valence-electron chi connectivity index (χ0n) is 9.28. The van der Waals surface area contributed by atoms with Gasteiger partial charge in [-0.05, 0) is 44.5 Å². The fourth-order valence-electron chi connectivity index (χ4n) is 1.49. The van der Waals surface area contributed by atoms with E-state index in [-0.39, 0.29) is 0 Å². The molecular formula is C12H15N3. The third-order valence-corrected chi connectivity index (χ3v) is 2.41. The van der Waals surface area contributed by atoms with Crippen molar-refractivity contribution in [1.82, 2.24) is 9.66 Å². The van der Waals surface area contributed by atoms with E-state index in [9.17, 15) is 0 Å². The number of aryl methyl sites for hydroxylation is 3. The average molecular weight is 201 g/mol. The summed E-state index contributed by atoms with van der Waals surface area (Å²) in [7, 11) is 0. The third-order valence-electron chi connectivity index (χ3n) is 2.41. The Bertz CT molecular complexity index is 435. The minimum Gasteiger partial charge on any atom is -0.278 e. The van der Waals surface area contributed by atoms with Crippen molar-refractivity contribution in [2.45, 2.75) is 20.8 Å². The van der Waals surface area contributed by atoms with Crippen molar-refractivity contribution < 1.29 is 0 Å². The van der Waals surface area contributed by atoms with Crippen LogP contribution in [-0.4, -0.2) is 9.66 Å². The molecule has 0 bridgehead atoms. The Balaban J connectivity index is 2.25. The van der Waals surface area contributed by atoms with Crippen LogP contribution < -0.4 is 5.43 Å². The number of pyridine rings is 1. The molecule has 78 valence electrons. The summed E-state index contributed by atoms with van der Waals surface area (Å²) >= 11 is 0. The molecule has 0 unspecified atom stereocenters. The second kappa shape index (κ2) is 3.77. The van der Waals surface area contributed by atoms with E-state index in [2.05, 4.69) is 36.4 Å². The highest BCUT2D eigenvalue weighted by Gasteiger charge is 2.00. The number of aromatic nitrogens is 2. The predicted octanol–water partition coefficient (Wildman–Crippen LogP) is 2.68. The lowest BCUT2D eigenvalue weighted by Gasteiger charge is -2.11. The van der Waals surface area contributed by atoms with Gasteiger partial charge in [-0.1, -0.05) is 6.07 Å². The van der Waals surface area contributed by atoms with E-state index in [0.29, 0.717) is 0 Å². The number of hydrogen-bond donors (Lipinski definition) is 1. The van der Waals surface area contributed by atoms with Crippen LogP contribution in [0.4, 0.5) is 5.82 Å². The first-order valence-electron chi connectivity index (χ1n) is 5.01. The standard InChI is InChI=1S/C12H15N3/c1-9-4-7-12(13-8-9)14-15-10(2)5-6-11(15)3/h4-8H,1-3H3,(H,13,14). The average Bonchev–Trinajstić information content (AvgIpc) is 2.53. The molecule has 0 saturated carbocycles. The van der Waals surface area contributed by atoms with Crippen LogP contribution in [0.2, 0.25) is 0 Å². The molecule has 15 heavy (non-hydrogen) atoms. The fourth-order valence-corrected chi connectivity index (χ4v) is 1.49.